The summed E-state index contributed by atoms with van der Waals surface area (Å²) in [7, 11) is 0. The van der Waals surface area contributed by atoms with Crippen molar-refractivity contribution in [3.63, 3.8) is 0 Å². The summed E-state index contributed by atoms with van der Waals surface area (Å²) in [6.45, 7) is 2.87. The summed E-state index contributed by atoms with van der Waals surface area (Å²) in [5.74, 6) is -1.91. The molecule has 7 heteroatoms. The summed E-state index contributed by atoms with van der Waals surface area (Å²) in [5, 5.41) is 14.8. The van der Waals surface area contributed by atoms with Gasteiger partial charge in [0.1, 0.15) is 11.4 Å². The Morgan fingerprint density at radius 3 is 2.82 bits per heavy atom. The van der Waals surface area contributed by atoms with Crippen molar-refractivity contribution in [1.29, 1.82) is 0 Å². The second-order valence-corrected chi connectivity index (χ2v) is 4.99. The fourth-order valence-electron chi connectivity index (χ4n) is 2.59. The Kier molecular flexibility index (Phi) is 3.40. The summed E-state index contributed by atoms with van der Waals surface area (Å²) in [6.07, 6.45) is 3.72. The van der Waals surface area contributed by atoms with Gasteiger partial charge in [-0.3, -0.25) is 9.80 Å². The number of anilines is 1. The first-order valence-corrected chi connectivity index (χ1v) is 6.93. The Hall–Kier alpha value is -2.70. The zero-order valence-corrected chi connectivity index (χ0v) is 11.9. The predicted molar refractivity (Wildman–Crippen MR) is 81.3 cm³/mol. The van der Waals surface area contributed by atoms with E-state index in [1.807, 2.05) is 6.92 Å². The zero-order valence-electron chi connectivity index (χ0n) is 11.9. The van der Waals surface area contributed by atoms with Crippen LogP contribution in [0.1, 0.15) is 23.7 Å². The van der Waals surface area contributed by atoms with Gasteiger partial charge in [0.2, 0.25) is 5.43 Å². The Morgan fingerprint density at radius 1 is 1.45 bits per heavy atom. The molecule has 0 bridgehead atoms. The van der Waals surface area contributed by atoms with Crippen LogP contribution in [0.25, 0.3) is 10.9 Å². The van der Waals surface area contributed by atoms with Gasteiger partial charge in [0.05, 0.1) is 11.2 Å². The molecule has 0 radical (unpaired) electrons. The molecule has 114 valence electrons. The van der Waals surface area contributed by atoms with Gasteiger partial charge in [0, 0.05) is 37.3 Å². The molecular formula is C15H14FN3O3. The van der Waals surface area contributed by atoms with Gasteiger partial charge in [0.15, 0.2) is 0 Å². The van der Waals surface area contributed by atoms with Gasteiger partial charge in [0.25, 0.3) is 0 Å². The average Bonchev–Trinajstić information content (AvgIpc) is 3.01. The van der Waals surface area contributed by atoms with Crippen LogP contribution in [0.3, 0.4) is 0 Å². The van der Waals surface area contributed by atoms with Crippen molar-refractivity contribution in [3.8, 4) is 0 Å². The highest BCUT2D eigenvalue weighted by Gasteiger charge is 2.19. The number of pyridine rings is 1. The second kappa shape index (κ2) is 5.25. The SMILES string of the molecule is CCn1cc(C(=O)O)c(=O)c2cc(F)c(N3CCC=N3)cc21. The molecule has 2 aromatic rings. The van der Waals surface area contributed by atoms with Crippen molar-refractivity contribution >= 4 is 28.8 Å². The molecule has 0 amide bonds. The standard InChI is InChI=1S/C15H14FN3O3/c1-2-18-8-10(15(21)22)14(20)9-6-11(16)13(7-12(9)18)19-5-3-4-17-19/h4,6-8H,2-3,5H2,1H3,(H,21,22). The molecule has 1 aliphatic heterocycles. The van der Waals surface area contributed by atoms with Crippen LogP contribution in [0.4, 0.5) is 10.1 Å². The van der Waals surface area contributed by atoms with E-state index in [9.17, 15) is 14.0 Å². The number of hydrazone groups is 1. The summed E-state index contributed by atoms with van der Waals surface area (Å²) in [5.41, 5.74) is -0.259. The van der Waals surface area contributed by atoms with Crippen LogP contribution < -0.4 is 10.4 Å². The van der Waals surface area contributed by atoms with Gasteiger partial charge in [-0.15, -0.1) is 0 Å². The van der Waals surface area contributed by atoms with E-state index >= 15 is 0 Å². The predicted octanol–water partition coefficient (Wildman–Crippen LogP) is 2.05. The van der Waals surface area contributed by atoms with Crippen molar-refractivity contribution in [3.05, 3.63) is 39.9 Å². The van der Waals surface area contributed by atoms with E-state index in [0.717, 1.165) is 12.5 Å². The molecule has 0 aliphatic carbocycles. The number of carboxylic acid groups (broad SMARTS) is 1. The van der Waals surface area contributed by atoms with Gasteiger partial charge in [-0.2, -0.15) is 5.10 Å². The van der Waals surface area contributed by atoms with Crippen molar-refractivity contribution in [2.24, 2.45) is 5.10 Å². The van der Waals surface area contributed by atoms with E-state index in [-0.39, 0.29) is 16.6 Å². The number of aromatic nitrogens is 1. The van der Waals surface area contributed by atoms with E-state index in [1.165, 1.54) is 11.2 Å². The van der Waals surface area contributed by atoms with E-state index in [2.05, 4.69) is 5.10 Å². The maximum atomic E-state index is 14.3. The summed E-state index contributed by atoms with van der Waals surface area (Å²) >= 11 is 0. The van der Waals surface area contributed by atoms with E-state index in [0.29, 0.717) is 18.6 Å². The maximum Gasteiger partial charge on any atom is 0.341 e. The summed E-state index contributed by atoms with van der Waals surface area (Å²) < 4.78 is 15.9. The van der Waals surface area contributed by atoms with Crippen LogP contribution >= 0.6 is 0 Å². The van der Waals surface area contributed by atoms with Gasteiger partial charge in [-0.25, -0.2) is 9.18 Å². The molecule has 0 atom stereocenters. The van der Waals surface area contributed by atoms with Gasteiger partial charge < -0.3 is 9.67 Å². The Bertz CT molecular complexity index is 857. The lowest BCUT2D eigenvalue weighted by atomic mass is 10.1. The fourth-order valence-corrected chi connectivity index (χ4v) is 2.59. The number of hydrogen-bond acceptors (Lipinski definition) is 4. The molecule has 0 fully saturated rings. The van der Waals surface area contributed by atoms with Gasteiger partial charge in [-0.05, 0) is 19.1 Å². The highest BCUT2D eigenvalue weighted by molar-refractivity contribution is 5.93. The molecule has 1 aromatic carbocycles. The molecule has 1 aliphatic rings. The van der Waals surface area contributed by atoms with Crippen molar-refractivity contribution in [2.45, 2.75) is 19.9 Å². The molecule has 6 nitrogen and oxygen atoms in total. The minimum absolute atomic E-state index is 0.0613. The number of aryl methyl sites for hydroxylation is 1. The van der Waals surface area contributed by atoms with E-state index in [4.69, 9.17) is 5.11 Å². The summed E-state index contributed by atoms with van der Waals surface area (Å²) in [4.78, 5) is 23.4. The number of rotatable bonds is 3. The van der Waals surface area contributed by atoms with Gasteiger partial charge in [-0.1, -0.05) is 0 Å². The highest BCUT2D eigenvalue weighted by atomic mass is 19.1. The number of halogens is 1. The van der Waals surface area contributed by atoms with Crippen LogP contribution in [0, 0.1) is 5.82 Å². The lowest BCUT2D eigenvalue weighted by Crippen LogP contribution is -2.20. The first-order chi connectivity index (χ1) is 10.5. The number of benzene rings is 1. The molecule has 0 spiro atoms. The van der Waals surface area contributed by atoms with Crippen molar-refractivity contribution in [1.82, 2.24) is 4.57 Å². The average molecular weight is 303 g/mol. The third-order valence-electron chi connectivity index (χ3n) is 3.69. The lowest BCUT2D eigenvalue weighted by molar-refractivity contribution is 0.0695. The topological polar surface area (TPSA) is 74.9 Å². The minimum Gasteiger partial charge on any atom is -0.477 e. The second-order valence-electron chi connectivity index (χ2n) is 4.99. The first-order valence-electron chi connectivity index (χ1n) is 6.93. The quantitative estimate of drug-likeness (QED) is 0.941. The molecule has 22 heavy (non-hydrogen) atoms. The molecular weight excluding hydrogens is 289 g/mol. The molecule has 2 heterocycles. The number of nitrogens with zero attached hydrogens (tertiary/aromatic N) is 3. The Labute approximate surface area is 125 Å². The smallest absolute Gasteiger partial charge is 0.341 e. The molecule has 1 aromatic heterocycles. The number of aromatic carboxylic acids is 1. The van der Waals surface area contributed by atoms with Crippen molar-refractivity contribution in [2.75, 3.05) is 11.6 Å². The van der Waals surface area contributed by atoms with Crippen LogP contribution in [-0.2, 0) is 6.54 Å². The third kappa shape index (κ3) is 2.14. The lowest BCUT2D eigenvalue weighted by Gasteiger charge is -2.17. The van der Waals surface area contributed by atoms with Crippen LogP contribution in [-0.4, -0.2) is 28.4 Å². The first kappa shape index (κ1) is 14.2. The fraction of sp³-hybridized carbons (Fsp3) is 0.267. The van der Waals surface area contributed by atoms with Crippen molar-refractivity contribution < 1.29 is 14.3 Å². The maximum absolute atomic E-state index is 14.3. The number of carboxylic acids is 1. The highest BCUT2D eigenvalue weighted by Crippen LogP contribution is 2.26. The zero-order chi connectivity index (χ0) is 15.9. The monoisotopic (exact) mass is 303 g/mol. The third-order valence-corrected chi connectivity index (χ3v) is 3.69. The molecule has 0 saturated carbocycles. The van der Waals surface area contributed by atoms with Crippen LogP contribution in [0.5, 0.6) is 0 Å². The normalized spacial score (nSPS) is 14.0. The largest absolute Gasteiger partial charge is 0.477 e. The molecule has 1 N–H and O–H groups in total. The number of carbonyl (C=O) groups is 1. The van der Waals surface area contributed by atoms with Crippen LogP contribution in [0.15, 0.2) is 28.2 Å². The molecule has 0 saturated heterocycles. The van der Waals surface area contributed by atoms with Gasteiger partial charge >= 0.3 is 5.97 Å². The Morgan fingerprint density at radius 2 is 2.23 bits per heavy atom. The van der Waals surface area contributed by atoms with E-state index in [1.54, 1.807) is 16.8 Å². The van der Waals surface area contributed by atoms with E-state index < -0.39 is 17.2 Å². The molecule has 3 rings (SSSR count). The number of fused-ring (bicyclic) bond motifs is 1. The number of hydrogen-bond donors (Lipinski definition) is 1. The van der Waals surface area contributed by atoms with Crippen LogP contribution in [0.2, 0.25) is 0 Å². The minimum atomic E-state index is -1.32. The summed E-state index contributed by atoms with van der Waals surface area (Å²) in [6, 6.07) is 2.64. The Balaban J connectivity index is 2.32. The molecule has 0 unspecified atom stereocenters.